The minimum atomic E-state index is -0.654. The van der Waals surface area contributed by atoms with Crippen LogP contribution in [0.2, 0.25) is 0 Å². The molecule has 0 radical (unpaired) electrons. The molecule has 0 spiro atoms. The van der Waals surface area contributed by atoms with Gasteiger partial charge in [-0.15, -0.1) is 0 Å². The Hall–Kier alpha value is -0.830. The van der Waals surface area contributed by atoms with Crippen molar-refractivity contribution in [2.24, 2.45) is 0 Å². The van der Waals surface area contributed by atoms with Crippen molar-refractivity contribution in [3.8, 4) is 0 Å². The van der Waals surface area contributed by atoms with Crippen LogP contribution >= 0.6 is 0 Å². The molecule has 196 valence electrons. The molecule has 0 aliphatic carbocycles. The summed E-state index contributed by atoms with van der Waals surface area (Å²) >= 11 is 0. The number of aliphatic hydroxyl groups is 1. The Labute approximate surface area is 206 Å². The van der Waals surface area contributed by atoms with Gasteiger partial charge in [0.25, 0.3) is 0 Å². The lowest BCUT2D eigenvalue weighted by molar-refractivity contribution is -0.137. The van der Waals surface area contributed by atoms with Gasteiger partial charge in [0, 0.05) is 13.0 Å². The van der Waals surface area contributed by atoms with Crippen molar-refractivity contribution in [1.29, 1.82) is 0 Å². The summed E-state index contributed by atoms with van der Waals surface area (Å²) in [6, 6.07) is 0. The summed E-state index contributed by atoms with van der Waals surface area (Å²) in [5.41, 5.74) is 0. The third-order valence-corrected chi connectivity index (χ3v) is 6.71. The number of carbonyl (C=O) groups is 1. The van der Waals surface area contributed by atoms with Gasteiger partial charge >= 0.3 is 5.97 Å². The van der Waals surface area contributed by atoms with E-state index in [0.29, 0.717) is 13.0 Å². The van der Waals surface area contributed by atoms with Crippen molar-refractivity contribution < 1.29 is 15.0 Å². The highest BCUT2D eigenvalue weighted by Crippen LogP contribution is 2.15. The van der Waals surface area contributed by atoms with Gasteiger partial charge in [0.2, 0.25) is 0 Å². The smallest absolute Gasteiger partial charge is 0.303 e. The minimum absolute atomic E-state index is 0.340. The summed E-state index contributed by atoms with van der Waals surface area (Å²) < 4.78 is 0. The molecule has 0 rings (SSSR count). The predicted octanol–water partition coefficient (Wildman–Crippen LogP) is 9.76. The van der Waals surface area contributed by atoms with E-state index in [9.17, 15) is 4.79 Å². The molecule has 0 aromatic heterocycles. The number of carboxylic acids is 1. The first-order valence-corrected chi connectivity index (χ1v) is 14.7. The first-order valence-electron chi connectivity index (χ1n) is 14.7. The molecule has 0 aromatic rings. The second kappa shape index (κ2) is 29.2. The number of hydrogen-bond donors (Lipinski definition) is 2. The lowest BCUT2D eigenvalue weighted by atomic mass is 10.0. The number of aliphatic carboxylic acids is 1. The highest BCUT2D eigenvalue weighted by molar-refractivity contribution is 5.66. The van der Waals surface area contributed by atoms with Crippen LogP contribution in [0.5, 0.6) is 0 Å². The number of rotatable bonds is 28. The molecule has 3 heteroatoms. The number of unbranched alkanes of at least 4 members (excludes halogenated alkanes) is 23. The van der Waals surface area contributed by atoms with Crippen molar-refractivity contribution in [3.05, 3.63) is 12.2 Å². The molecule has 0 amide bonds. The third-order valence-electron chi connectivity index (χ3n) is 6.71. The summed E-state index contributed by atoms with van der Waals surface area (Å²) in [6.45, 7) is 0.346. The van der Waals surface area contributed by atoms with E-state index in [1.807, 2.05) is 0 Å². The van der Waals surface area contributed by atoms with Crippen molar-refractivity contribution in [3.63, 3.8) is 0 Å². The van der Waals surface area contributed by atoms with Gasteiger partial charge in [-0.2, -0.15) is 0 Å². The van der Waals surface area contributed by atoms with E-state index in [0.717, 1.165) is 19.3 Å². The maximum atomic E-state index is 10.4. The van der Waals surface area contributed by atoms with E-state index >= 15 is 0 Å². The molecule has 0 aliphatic rings. The molecule has 0 heterocycles. The third kappa shape index (κ3) is 31.2. The Bertz CT molecular complexity index is 405. The van der Waals surface area contributed by atoms with E-state index in [2.05, 4.69) is 12.2 Å². The van der Waals surface area contributed by atoms with Gasteiger partial charge in [-0.3, -0.25) is 4.79 Å². The lowest BCUT2D eigenvalue weighted by Crippen LogP contribution is -1.93. The molecular formula is C30H58O3. The fraction of sp³-hybridized carbons (Fsp3) is 0.900. The standard InChI is InChI=1S/C30H58O3/c31-29-27-25-23-21-19-17-15-13-11-9-7-5-3-1-2-4-6-8-10-12-14-16-18-20-22-24-26-28-30(32)33/h15,17,31H,1-14,16,18-29H2,(H,32,33). The van der Waals surface area contributed by atoms with E-state index in [-0.39, 0.29) is 0 Å². The fourth-order valence-electron chi connectivity index (χ4n) is 4.51. The quantitative estimate of drug-likeness (QED) is 0.0890. The molecular weight excluding hydrogens is 408 g/mol. The van der Waals surface area contributed by atoms with Gasteiger partial charge in [0.05, 0.1) is 0 Å². The summed E-state index contributed by atoms with van der Waals surface area (Å²) in [7, 11) is 0. The van der Waals surface area contributed by atoms with Gasteiger partial charge < -0.3 is 10.2 Å². The maximum absolute atomic E-state index is 10.4. The van der Waals surface area contributed by atoms with E-state index < -0.39 is 5.97 Å². The van der Waals surface area contributed by atoms with Crippen LogP contribution in [0.4, 0.5) is 0 Å². The summed E-state index contributed by atoms with van der Waals surface area (Å²) in [5.74, 6) is -0.654. The maximum Gasteiger partial charge on any atom is 0.303 e. The number of hydrogen-bond acceptors (Lipinski definition) is 2. The van der Waals surface area contributed by atoms with E-state index in [1.54, 1.807) is 0 Å². The zero-order valence-electron chi connectivity index (χ0n) is 22.0. The number of aliphatic hydroxyl groups excluding tert-OH is 1. The average molecular weight is 467 g/mol. The normalized spacial score (nSPS) is 11.5. The number of allylic oxidation sites excluding steroid dienone is 2. The Kier molecular flexibility index (Phi) is 28.5. The van der Waals surface area contributed by atoms with Crippen LogP contribution in [0.25, 0.3) is 0 Å². The summed E-state index contributed by atoms with van der Waals surface area (Å²) in [5, 5.41) is 17.3. The Balaban J connectivity index is 3.06. The lowest BCUT2D eigenvalue weighted by Gasteiger charge is -2.04. The molecule has 3 nitrogen and oxygen atoms in total. The topological polar surface area (TPSA) is 57.5 Å². The first-order chi connectivity index (χ1) is 16.3. The van der Waals surface area contributed by atoms with Crippen LogP contribution < -0.4 is 0 Å². The largest absolute Gasteiger partial charge is 0.481 e. The summed E-state index contributed by atoms with van der Waals surface area (Å²) in [6.07, 6.45) is 37.7. The van der Waals surface area contributed by atoms with Gasteiger partial charge in [-0.1, -0.05) is 134 Å². The molecule has 0 aromatic carbocycles. The van der Waals surface area contributed by atoms with Crippen LogP contribution in [0.3, 0.4) is 0 Å². The highest BCUT2D eigenvalue weighted by Gasteiger charge is 1.97. The molecule has 2 N–H and O–H groups in total. The van der Waals surface area contributed by atoms with Crippen molar-refractivity contribution >= 4 is 5.97 Å². The first kappa shape index (κ1) is 32.2. The SMILES string of the molecule is O=C(O)CCCCCCCCCCCCCCCCCCCCCC=CCCCCCCO. The zero-order chi connectivity index (χ0) is 24.1. The molecule has 0 unspecified atom stereocenters. The molecule has 0 aliphatic heterocycles. The second-order valence-electron chi connectivity index (χ2n) is 10.0. The number of carboxylic acid groups (broad SMARTS) is 1. The van der Waals surface area contributed by atoms with Gasteiger partial charge in [0.1, 0.15) is 0 Å². The molecule has 0 bridgehead atoms. The molecule has 0 saturated carbocycles. The predicted molar refractivity (Wildman–Crippen MR) is 144 cm³/mol. The van der Waals surface area contributed by atoms with Crippen LogP contribution in [0.1, 0.15) is 167 Å². The molecule has 0 fully saturated rings. The fourth-order valence-corrected chi connectivity index (χ4v) is 4.51. The average Bonchev–Trinajstić information content (AvgIpc) is 2.80. The molecule has 0 atom stereocenters. The Morgan fingerprint density at radius 2 is 0.697 bits per heavy atom. The minimum Gasteiger partial charge on any atom is -0.481 e. The monoisotopic (exact) mass is 466 g/mol. The molecule has 0 saturated heterocycles. The van der Waals surface area contributed by atoms with Crippen LogP contribution in [0.15, 0.2) is 12.2 Å². The Morgan fingerprint density at radius 1 is 0.424 bits per heavy atom. The van der Waals surface area contributed by atoms with Crippen LogP contribution in [-0.2, 0) is 4.79 Å². The molecule has 33 heavy (non-hydrogen) atoms. The van der Waals surface area contributed by atoms with Gasteiger partial charge in [-0.25, -0.2) is 0 Å². The van der Waals surface area contributed by atoms with Crippen molar-refractivity contribution in [2.75, 3.05) is 6.61 Å². The van der Waals surface area contributed by atoms with Gasteiger partial charge in [-0.05, 0) is 38.5 Å². The zero-order valence-corrected chi connectivity index (χ0v) is 22.0. The highest BCUT2D eigenvalue weighted by atomic mass is 16.4. The second-order valence-corrected chi connectivity index (χ2v) is 10.0. The van der Waals surface area contributed by atoms with E-state index in [1.165, 1.54) is 141 Å². The summed E-state index contributed by atoms with van der Waals surface area (Å²) in [4.78, 5) is 10.4. The van der Waals surface area contributed by atoms with E-state index in [4.69, 9.17) is 10.2 Å². The van der Waals surface area contributed by atoms with Gasteiger partial charge in [0.15, 0.2) is 0 Å². The van der Waals surface area contributed by atoms with Crippen molar-refractivity contribution in [2.45, 2.75) is 167 Å². The van der Waals surface area contributed by atoms with Crippen molar-refractivity contribution in [1.82, 2.24) is 0 Å². The van der Waals surface area contributed by atoms with Crippen LogP contribution in [-0.4, -0.2) is 22.8 Å². The Morgan fingerprint density at radius 3 is 1.00 bits per heavy atom. The van der Waals surface area contributed by atoms with Crippen LogP contribution in [0, 0.1) is 0 Å².